The highest BCUT2D eigenvalue weighted by Crippen LogP contribution is 2.15. The van der Waals surface area contributed by atoms with E-state index in [0.717, 1.165) is 58.8 Å². The maximum atomic E-state index is 11.9. The molecule has 2 N–H and O–H groups in total. The fourth-order valence-corrected chi connectivity index (χ4v) is 3.19. The van der Waals surface area contributed by atoms with Gasteiger partial charge in [-0.2, -0.15) is 0 Å². The molecule has 7 nitrogen and oxygen atoms in total. The summed E-state index contributed by atoms with van der Waals surface area (Å²) >= 11 is 0. The number of hydrogen-bond donors (Lipinski definition) is 2. The minimum Gasteiger partial charge on any atom is -0.379 e. The van der Waals surface area contributed by atoms with Gasteiger partial charge in [-0.3, -0.25) is 9.69 Å². The number of ether oxygens (including phenoxy) is 1. The Bertz CT molecular complexity index is 652. The van der Waals surface area contributed by atoms with E-state index in [-0.39, 0.29) is 12.5 Å². The number of carbonyl (C=O) groups is 1. The second kappa shape index (κ2) is 13.2. The minimum atomic E-state index is -0.00507. The molecule has 0 atom stereocenters. The number of aliphatic imine (C=N–C) groups is 1. The zero-order valence-corrected chi connectivity index (χ0v) is 19.1. The lowest BCUT2D eigenvalue weighted by Crippen LogP contribution is -2.45. The quantitative estimate of drug-likeness (QED) is 0.345. The van der Waals surface area contributed by atoms with Crippen LogP contribution in [0.15, 0.2) is 29.3 Å². The summed E-state index contributed by atoms with van der Waals surface area (Å²) in [6.45, 7) is 10.7. The van der Waals surface area contributed by atoms with Crippen molar-refractivity contribution in [3.63, 3.8) is 0 Å². The average molecular weight is 418 g/mol. The molecule has 0 saturated carbocycles. The molecule has 168 valence electrons. The molecule has 1 aliphatic heterocycles. The summed E-state index contributed by atoms with van der Waals surface area (Å²) in [7, 11) is 3.50. The molecule has 1 aromatic carbocycles. The van der Waals surface area contributed by atoms with Crippen molar-refractivity contribution in [3.05, 3.63) is 35.4 Å². The molecule has 0 bridgehead atoms. The van der Waals surface area contributed by atoms with E-state index in [1.807, 2.05) is 0 Å². The number of amides is 1. The van der Waals surface area contributed by atoms with Crippen molar-refractivity contribution in [1.29, 1.82) is 0 Å². The lowest BCUT2D eigenvalue weighted by Gasteiger charge is -2.26. The first kappa shape index (κ1) is 24.2. The van der Waals surface area contributed by atoms with Crippen LogP contribution < -0.4 is 10.6 Å². The van der Waals surface area contributed by atoms with Crippen LogP contribution in [0, 0.1) is 0 Å². The zero-order chi connectivity index (χ0) is 21.8. The molecule has 0 aliphatic carbocycles. The van der Waals surface area contributed by atoms with Crippen molar-refractivity contribution in [2.75, 3.05) is 66.6 Å². The fourth-order valence-electron chi connectivity index (χ4n) is 3.19. The van der Waals surface area contributed by atoms with Gasteiger partial charge in [0, 0.05) is 46.8 Å². The van der Waals surface area contributed by atoms with Crippen LogP contribution in [-0.2, 0) is 16.0 Å². The van der Waals surface area contributed by atoms with Gasteiger partial charge in [-0.25, -0.2) is 4.99 Å². The highest BCUT2D eigenvalue weighted by molar-refractivity contribution is 5.84. The Hall–Kier alpha value is -2.12. The van der Waals surface area contributed by atoms with Crippen LogP contribution in [-0.4, -0.2) is 88.2 Å². The third kappa shape index (κ3) is 9.13. The molecule has 1 amide bonds. The summed E-state index contributed by atoms with van der Waals surface area (Å²) in [6.07, 6.45) is 2.02. The monoisotopic (exact) mass is 417 g/mol. The van der Waals surface area contributed by atoms with E-state index in [1.165, 1.54) is 11.1 Å². The van der Waals surface area contributed by atoms with Crippen LogP contribution in [0.25, 0.3) is 0 Å². The van der Waals surface area contributed by atoms with Gasteiger partial charge in [-0.15, -0.1) is 0 Å². The number of likely N-dealkylation sites (N-methyl/N-ethyl adjacent to an activating group) is 1. The molecule has 1 saturated heterocycles. The van der Waals surface area contributed by atoms with Crippen molar-refractivity contribution in [2.45, 2.75) is 32.6 Å². The van der Waals surface area contributed by atoms with Gasteiger partial charge in [-0.1, -0.05) is 38.1 Å². The normalized spacial score (nSPS) is 15.3. The minimum absolute atomic E-state index is 0.00507. The summed E-state index contributed by atoms with van der Waals surface area (Å²) in [6, 6.07) is 8.89. The number of carbonyl (C=O) groups excluding carboxylic acids is 1. The van der Waals surface area contributed by atoms with Crippen molar-refractivity contribution in [1.82, 2.24) is 20.4 Å². The summed E-state index contributed by atoms with van der Waals surface area (Å²) < 4.78 is 5.39. The number of morpholine rings is 1. The predicted octanol–water partition coefficient (Wildman–Crippen LogP) is 1.70. The number of nitrogens with zero attached hydrogens (tertiary/aromatic N) is 3. The largest absolute Gasteiger partial charge is 0.379 e. The number of hydrogen-bond acceptors (Lipinski definition) is 4. The van der Waals surface area contributed by atoms with Crippen molar-refractivity contribution in [2.24, 2.45) is 4.99 Å². The Labute approximate surface area is 181 Å². The molecule has 1 aliphatic rings. The van der Waals surface area contributed by atoms with Gasteiger partial charge in [0.1, 0.15) is 6.54 Å². The molecule has 0 radical (unpaired) electrons. The molecule has 0 unspecified atom stereocenters. The third-order valence-electron chi connectivity index (χ3n) is 5.28. The smallest absolute Gasteiger partial charge is 0.243 e. The van der Waals surface area contributed by atoms with E-state index in [0.29, 0.717) is 11.9 Å². The van der Waals surface area contributed by atoms with E-state index in [1.54, 1.807) is 19.0 Å². The maximum Gasteiger partial charge on any atom is 0.243 e. The highest BCUT2D eigenvalue weighted by atomic mass is 16.5. The van der Waals surface area contributed by atoms with E-state index >= 15 is 0 Å². The predicted molar refractivity (Wildman–Crippen MR) is 123 cm³/mol. The number of guanidine groups is 1. The molecule has 30 heavy (non-hydrogen) atoms. The molecule has 1 fully saturated rings. The lowest BCUT2D eigenvalue weighted by molar-refractivity contribution is -0.127. The van der Waals surface area contributed by atoms with Gasteiger partial charge in [0.25, 0.3) is 0 Å². The van der Waals surface area contributed by atoms with E-state index < -0.39 is 0 Å². The SMILES string of the molecule is CC(C)c1ccc(CCCNC(=NCC(=O)N(C)C)NCCN2CCOCC2)cc1. The second-order valence-corrected chi connectivity index (χ2v) is 8.26. The Morgan fingerprint density at radius 2 is 1.80 bits per heavy atom. The van der Waals surface area contributed by atoms with Crippen LogP contribution in [0.1, 0.15) is 37.3 Å². The molecule has 7 heteroatoms. The van der Waals surface area contributed by atoms with Crippen LogP contribution in [0.2, 0.25) is 0 Å². The van der Waals surface area contributed by atoms with Crippen LogP contribution in [0.3, 0.4) is 0 Å². The number of aryl methyl sites for hydroxylation is 1. The first-order valence-electron chi connectivity index (χ1n) is 11.1. The summed E-state index contributed by atoms with van der Waals surface area (Å²) in [4.78, 5) is 20.3. The Morgan fingerprint density at radius 3 is 2.43 bits per heavy atom. The first-order valence-corrected chi connectivity index (χ1v) is 11.1. The summed E-state index contributed by atoms with van der Waals surface area (Å²) in [5.41, 5.74) is 2.73. The van der Waals surface area contributed by atoms with Crippen LogP contribution in [0.4, 0.5) is 0 Å². The molecule has 0 spiro atoms. The lowest BCUT2D eigenvalue weighted by atomic mass is 10.0. The Morgan fingerprint density at radius 1 is 1.13 bits per heavy atom. The second-order valence-electron chi connectivity index (χ2n) is 8.26. The standard InChI is InChI=1S/C23H39N5O2/c1-19(2)21-9-7-20(8-10-21)6-5-11-24-23(26-18-22(29)27(3)4)25-12-13-28-14-16-30-17-15-28/h7-10,19H,5-6,11-18H2,1-4H3,(H2,24,25,26). The van der Waals surface area contributed by atoms with E-state index in [9.17, 15) is 4.79 Å². The first-order chi connectivity index (χ1) is 14.5. The summed E-state index contributed by atoms with van der Waals surface area (Å²) in [5, 5.41) is 6.74. The number of benzene rings is 1. The molecule has 2 rings (SSSR count). The molecule has 1 aromatic rings. The van der Waals surface area contributed by atoms with Gasteiger partial charge in [-0.05, 0) is 29.9 Å². The van der Waals surface area contributed by atoms with E-state index in [2.05, 4.69) is 58.6 Å². The summed E-state index contributed by atoms with van der Waals surface area (Å²) in [5.74, 6) is 1.26. The maximum absolute atomic E-state index is 11.9. The Balaban J connectivity index is 1.77. The fraction of sp³-hybridized carbons (Fsp3) is 0.652. The van der Waals surface area contributed by atoms with Crippen molar-refractivity contribution in [3.8, 4) is 0 Å². The zero-order valence-electron chi connectivity index (χ0n) is 19.1. The van der Waals surface area contributed by atoms with Crippen LogP contribution >= 0.6 is 0 Å². The Kier molecular flexibility index (Phi) is 10.7. The molecular weight excluding hydrogens is 378 g/mol. The van der Waals surface area contributed by atoms with Gasteiger partial charge in [0.2, 0.25) is 5.91 Å². The number of nitrogens with one attached hydrogen (secondary N) is 2. The van der Waals surface area contributed by atoms with Gasteiger partial charge in [0.05, 0.1) is 13.2 Å². The van der Waals surface area contributed by atoms with E-state index in [4.69, 9.17) is 4.74 Å². The average Bonchev–Trinajstić information content (AvgIpc) is 2.75. The topological polar surface area (TPSA) is 69.2 Å². The van der Waals surface area contributed by atoms with Gasteiger partial charge < -0.3 is 20.3 Å². The van der Waals surface area contributed by atoms with Crippen molar-refractivity contribution >= 4 is 11.9 Å². The molecular formula is C23H39N5O2. The van der Waals surface area contributed by atoms with Crippen molar-refractivity contribution < 1.29 is 9.53 Å². The van der Waals surface area contributed by atoms with Gasteiger partial charge in [0.15, 0.2) is 5.96 Å². The molecule has 0 aromatic heterocycles. The third-order valence-corrected chi connectivity index (χ3v) is 5.28. The van der Waals surface area contributed by atoms with Crippen LogP contribution in [0.5, 0.6) is 0 Å². The molecule has 1 heterocycles. The van der Waals surface area contributed by atoms with Gasteiger partial charge >= 0.3 is 0 Å². The number of rotatable bonds is 10. The highest BCUT2D eigenvalue weighted by Gasteiger charge is 2.10.